The van der Waals surface area contributed by atoms with Crippen LogP contribution in [0.25, 0.3) is 0 Å². The number of nitrogens with one attached hydrogen (secondary N) is 1. The van der Waals surface area contributed by atoms with Crippen LogP contribution >= 0.6 is 0 Å². The highest BCUT2D eigenvalue weighted by Gasteiger charge is 2.21. The minimum Gasteiger partial charge on any atom is -0.339 e. The van der Waals surface area contributed by atoms with E-state index in [0.29, 0.717) is 6.04 Å². The molecule has 4 heteroatoms. The van der Waals surface area contributed by atoms with Crippen molar-refractivity contribution in [3.05, 3.63) is 47.6 Å². The Labute approximate surface area is 113 Å². The van der Waals surface area contributed by atoms with Gasteiger partial charge in [-0.2, -0.15) is 4.98 Å². The fourth-order valence-electron chi connectivity index (χ4n) is 2.50. The summed E-state index contributed by atoms with van der Waals surface area (Å²) in [4.78, 5) is 4.48. The number of hydrogen-bond donors (Lipinski definition) is 1. The summed E-state index contributed by atoms with van der Waals surface area (Å²) in [5.74, 6) is 1.59. The Morgan fingerprint density at radius 1 is 1.21 bits per heavy atom. The third-order valence-electron chi connectivity index (χ3n) is 3.55. The van der Waals surface area contributed by atoms with E-state index in [-0.39, 0.29) is 0 Å². The molecule has 19 heavy (non-hydrogen) atoms. The van der Waals surface area contributed by atoms with Crippen molar-refractivity contribution in [1.82, 2.24) is 15.5 Å². The first-order valence-electron chi connectivity index (χ1n) is 7.01. The molecule has 3 rings (SSSR count). The molecule has 100 valence electrons. The maximum Gasteiger partial charge on any atom is 0.226 e. The van der Waals surface area contributed by atoms with E-state index in [0.717, 1.165) is 43.9 Å². The number of nitrogens with zero attached hydrogens (tertiary/aromatic N) is 2. The Morgan fingerprint density at radius 3 is 2.89 bits per heavy atom. The summed E-state index contributed by atoms with van der Waals surface area (Å²) in [6.07, 6.45) is 5.27. The molecule has 0 saturated carbocycles. The van der Waals surface area contributed by atoms with Gasteiger partial charge in [0.25, 0.3) is 0 Å². The molecular formula is C15H19N3O. The van der Waals surface area contributed by atoms with Crippen LogP contribution in [0.1, 0.15) is 42.6 Å². The third-order valence-corrected chi connectivity index (χ3v) is 3.55. The molecule has 0 aliphatic carbocycles. The Morgan fingerprint density at radius 2 is 2.11 bits per heavy atom. The van der Waals surface area contributed by atoms with Crippen molar-refractivity contribution in [3.63, 3.8) is 0 Å². The van der Waals surface area contributed by atoms with E-state index in [2.05, 4.69) is 39.7 Å². The maximum atomic E-state index is 5.31. The lowest BCUT2D eigenvalue weighted by molar-refractivity contribution is 0.365. The molecule has 1 aliphatic rings. The van der Waals surface area contributed by atoms with Gasteiger partial charge in [0.2, 0.25) is 5.89 Å². The van der Waals surface area contributed by atoms with Crippen LogP contribution in [0.4, 0.5) is 0 Å². The van der Waals surface area contributed by atoms with E-state index >= 15 is 0 Å². The fraction of sp³-hybridized carbons (Fsp3) is 0.467. The second-order valence-corrected chi connectivity index (χ2v) is 5.03. The molecule has 4 nitrogen and oxygen atoms in total. The second kappa shape index (κ2) is 5.97. The van der Waals surface area contributed by atoms with Crippen LogP contribution < -0.4 is 5.32 Å². The van der Waals surface area contributed by atoms with E-state index in [1.165, 1.54) is 12.0 Å². The summed E-state index contributed by atoms with van der Waals surface area (Å²) in [7, 11) is 0. The number of benzene rings is 1. The normalized spacial score (nSPS) is 18.8. The predicted molar refractivity (Wildman–Crippen MR) is 72.7 cm³/mol. The van der Waals surface area contributed by atoms with E-state index in [1.54, 1.807) is 0 Å². The predicted octanol–water partition coefficient (Wildman–Crippen LogP) is 2.67. The molecule has 2 aromatic rings. The molecule has 1 aromatic heterocycles. The summed E-state index contributed by atoms with van der Waals surface area (Å²) in [6.45, 7) is 1.06. The Bertz CT molecular complexity index is 503. The van der Waals surface area contributed by atoms with Crippen molar-refractivity contribution >= 4 is 0 Å². The van der Waals surface area contributed by atoms with Crippen molar-refractivity contribution in [2.45, 2.75) is 38.1 Å². The molecule has 1 atom stereocenters. The molecule has 0 radical (unpaired) electrons. The lowest BCUT2D eigenvalue weighted by atomic mass is 10.1. The van der Waals surface area contributed by atoms with Gasteiger partial charge in [0, 0.05) is 6.42 Å². The number of rotatable bonds is 5. The standard InChI is InChI=1S/C15H19N3O/c1-2-6-12(7-3-1)8-4-10-14-17-15(18-19-14)13-9-5-11-16-13/h1-3,6-7,13,16H,4-5,8-11H2. The highest BCUT2D eigenvalue weighted by molar-refractivity contribution is 5.14. The van der Waals surface area contributed by atoms with Gasteiger partial charge in [0.15, 0.2) is 5.82 Å². The monoisotopic (exact) mass is 257 g/mol. The lowest BCUT2D eigenvalue weighted by Crippen LogP contribution is -2.14. The Kier molecular flexibility index (Phi) is 3.89. The number of aryl methyl sites for hydroxylation is 2. The van der Waals surface area contributed by atoms with E-state index in [9.17, 15) is 0 Å². The van der Waals surface area contributed by atoms with Crippen molar-refractivity contribution in [2.75, 3.05) is 6.54 Å². The average Bonchev–Trinajstić information content (AvgIpc) is 3.10. The summed E-state index contributed by atoms with van der Waals surface area (Å²) >= 11 is 0. The van der Waals surface area contributed by atoms with Crippen LogP contribution in [0.2, 0.25) is 0 Å². The van der Waals surface area contributed by atoms with Gasteiger partial charge in [0.1, 0.15) is 0 Å². The van der Waals surface area contributed by atoms with Gasteiger partial charge in [-0.3, -0.25) is 0 Å². The molecule has 0 bridgehead atoms. The van der Waals surface area contributed by atoms with Gasteiger partial charge in [-0.1, -0.05) is 35.5 Å². The van der Waals surface area contributed by atoms with Crippen molar-refractivity contribution in [2.24, 2.45) is 0 Å². The average molecular weight is 257 g/mol. The molecule has 0 amide bonds. The van der Waals surface area contributed by atoms with Crippen molar-refractivity contribution in [1.29, 1.82) is 0 Å². The third kappa shape index (κ3) is 3.20. The Hall–Kier alpha value is -1.68. The highest BCUT2D eigenvalue weighted by Crippen LogP contribution is 2.20. The Balaban J connectivity index is 1.50. The molecule has 1 N–H and O–H groups in total. The first-order chi connectivity index (χ1) is 9.42. The SMILES string of the molecule is c1ccc(CCCc2nc(C3CCCN3)no2)cc1. The molecule has 1 aromatic carbocycles. The van der Waals surface area contributed by atoms with Crippen LogP contribution in [0.3, 0.4) is 0 Å². The topological polar surface area (TPSA) is 51.0 Å². The van der Waals surface area contributed by atoms with Gasteiger partial charge >= 0.3 is 0 Å². The van der Waals surface area contributed by atoms with Crippen LogP contribution in [-0.2, 0) is 12.8 Å². The van der Waals surface area contributed by atoms with Gasteiger partial charge in [0.05, 0.1) is 6.04 Å². The van der Waals surface area contributed by atoms with Crippen molar-refractivity contribution < 1.29 is 4.52 Å². The van der Waals surface area contributed by atoms with Gasteiger partial charge in [-0.25, -0.2) is 0 Å². The van der Waals surface area contributed by atoms with Crippen LogP contribution in [-0.4, -0.2) is 16.7 Å². The zero-order valence-electron chi connectivity index (χ0n) is 11.0. The maximum absolute atomic E-state index is 5.31. The largest absolute Gasteiger partial charge is 0.339 e. The quantitative estimate of drug-likeness (QED) is 0.894. The fourth-order valence-corrected chi connectivity index (χ4v) is 2.50. The van der Waals surface area contributed by atoms with E-state index in [4.69, 9.17) is 4.52 Å². The zero-order valence-corrected chi connectivity index (χ0v) is 11.0. The van der Waals surface area contributed by atoms with Gasteiger partial charge < -0.3 is 9.84 Å². The first-order valence-corrected chi connectivity index (χ1v) is 7.01. The van der Waals surface area contributed by atoms with Crippen LogP contribution in [0.15, 0.2) is 34.9 Å². The van der Waals surface area contributed by atoms with E-state index < -0.39 is 0 Å². The van der Waals surface area contributed by atoms with Crippen molar-refractivity contribution in [3.8, 4) is 0 Å². The second-order valence-electron chi connectivity index (χ2n) is 5.03. The van der Waals surface area contributed by atoms with Crippen LogP contribution in [0.5, 0.6) is 0 Å². The van der Waals surface area contributed by atoms with Gasteiger partial charge in [-0.05, 0) is 37.8 Å². The minimum atomic E-state index is 0.298. The lowest BCUT2D eigenvalue weighted by Gasteiger charge is -2.01. The molecule has 1 fully saturated rings. The first kappa shape index (κ1) is 12.4. The molecule has 1 saturated heterocycles. The number of aromatic nitrogens is 2. The zero-order chi connectivity index (χ0) is 12.9. The summed E-state index contributed by atoms with van der Waals surface area (Å²) in [5.41, 5.74) is 1.36. The molecular weight excluding hydrogens is 238 g/mol. The highest BCUT2D eigenvalue weighted by atomic mass is 16.5. The smallest absolute Gasteiger partial charge is 0.226 e. The van der Waals surface area contributed by atoms with E-state index in [1.807, 2.05) is 6.07 Å². The summed E-state index contributed by atoms with van der Waals surface area (Å²) < 4.78 is 5.31. The molecule has 2 heterocycles. The molecule has 1 unspecified atom stereocenters. The summed E-state index contributed by atoms with van der Waals surface area (Å²) in [5, 5.41) is 7.46. The molecule has 0 spiro atoms. The summed E-state index contributed by atoms with van der Waals surface area (Å²) in [6, 6.07) is 10.8. The van der Waals surface area contributed by atoms with Gasteiger partial charge in [-0.15, -0.1) is 0 Å². The van der Waals surface area contributed by atoms with Crippen LogP contribution in [0, 0.1) is 0 Å². The number of hydrogen-bond acceptors (Lipinski definition) is 4. The minimum absolute atomic E-state index is 0.298. The molecule has 1 aliphatic heterocycles.